The van der Waals surface area contributed by atoms with E-state index in [0.717, 1.165) is 10.5 Å². The van der Waals surface area contributed by atoms with Crippen LogP contribution >= 0.6 is 11.8 Å². The molecule has 0 radical (unpaired) electrons. The first-order valence-electron chi connectivity index (χ1n) is 5.80. The molecule has 104 valence electrons. The highest BCUT2D eigenvalue weighted by Gasteiger charge is 2.24. The van der Waals surface area contributed by atoms with E-state index in [9.17, 15) is 14.7 Å². The number of hydrogen-bond donors (Lipinski definition) is 3. The molecule has 0 aliphatic carbocycles. The predicted molar refractivity (Wildman–Crippen MR) is 73.2 cm³/mol. The summed E-state index contributed by atoms with van der Waals surface area (Å²) in [5, 5.41) is 20.4. The molecule has 3 N–H and O–H groups in total. The van der Waals surface area contributed by atoms with Gasteiger partial charge in [0.25, 0.3) is 0 Å². The number of carboxylic acids is 1. The first-order valence-corrected chi connectivity index (χ1v) is 6.79. The number of aryl methyl sites for hydroxylation is 1. The molecule has 0 aromatic heterocycles. The molecule has 2 atom stereocenters. The number of rotatable bonds is 6. The molecule has 0 unspecified atom stereocenters. The maximum Gasteiger partial charge on any atom is 0.328 e. The Balaban J connectivity index is 2.52. The van der Waals surface area contributed by atoms with Crippen LogP contribution in [0.5, 0.6) is 0 Å². The summed E-state index contributed by atoms with van der Waals surface area (Å²) in [7, 11) is 0. The zero-order chi connectivity index (χ0) is 14.4. The van der Waals surface area contributed by atoms with Crippen molar-refractivity contribution in [2.24, 2.45) is 0 Å². The predicted octanol–water partition coefficient (Wildman–Crippen LogP) is 1.04. The minimum atomic E-state index is -1.27. The number of aliphatic carboxylic acids is 1. The van der Waals surface area contributed by atoms with E-state index in [0.29, 0.717) is 0 Å². The Morgan fingerprint density at radius 1 is 1.37 bits per heavy atom. The zero-order valence-electron chi connectivity index (χ0n) is 10.8. The largest absolute Gasteiger partial charge is 0.480 e. The Bertz CT molecular complexity index is 462. The SMILES string of the molecule is Cc1ccccc1SCC(=O)N[C@H](C(=O)O)[C@@H](C)O. The summed E-state index contributed by atoms with van der Waals surface area (Å²) < 4.78 is 0. The van der Waals surface area contributed by atoms with Crippen LogP contribution in [0.2, 0.25) is 0 Å². The summed E-state index contributed by atoms with van der Waals surface area (Å²) in [6.07, 6.45) is -1.13. The van der Waals surface area contributed by atoms with Crippen LogP contribution in [-0.4, -0.2) is 40.0 Å². The maximum atomic E-state index is 11.6. The van der Waals surface area contributed by atoms with E-state index < -0.39 is 24.0 Å². The van der Waals surface area contributed by atoms with Crippen LogP contribution in [-0.2, 0) is 9.59 Å². The van der Waals surface area contributed by atoms with E-state index in [1.165, 1.54) is 18.7 Å². The maximum absolute atomic E-state index is 11.6. The number of carbonyl (C=O) groups is 2. The van der Waals surface area contributed by atoms with Crippen LogP contribution < -0.4 is 5.32 Å². The van der Waals surface area contributed by atoms with Gasteiger partial charge in [-0.05, 0) is 25.5 Å². The third kappa shape index (κ3) is 4.92. The van der Waals surface area contributed by atoms with Crippen molar-refractivity contribution in [3.8, 4) is 0 Å². The summed E-state index contributed by atoms with van der Waals surface area (Å²) in [5.41, 5.74) is 1.06. The standard InChI is InChI=1S/C13H17NO4S/c1-8-5-3-4-6-10(8)19-7-11(16)14-12(9(2)15)13(17)18/h3-6,9,12,15H,7H2,1-2H3,(H,14,16)(H,17,18)/t9-,12+/m1/s1. The molecule has 0 saturated heterocycles. The van der Waals surface area contributed by atoms with Gasteiger partial charge in [0.05, 0.1) is 11.9 Å². The first-order chi connectivity index (χ1) is 8.91. The van der Waals surface area contributed by atoms with E-state index in [4.69, 9.17) is 5.11 Å². The van der Waals surface area contributed by atoms with Crippen molar-refractivity contribution in [1.82, 2.24) is 5.32 Å². The normalized spacial score (nSPS) is 13.6. The summed E-state index contributed by atoms with van der Waals surface area (Å²) in [6, 6.07) is 6.35. The average molecular weight is 283 g/mol. The van der Waals surface area contributed by atoms with E-state index in [1.807, 2.05) is 31.2 Å². The molecular formula is C13H17NO4S. The van der Waals surface area contributed by atoms with Gasteiger partial charge in [-0.15, -0.1) is 11.8 Å². The average Bonchev–Trinajstić information content (AvgIpc) is 2.34. The molecule has 1 rings (SSSR count). The van der Waals surface area contributed by atoms with Crippen molar-refractivity contribution in [1.29, 1.82) is 0 Å². The van der Waals surface area contributed by atoms with Gasteiger partial charge >= 0.3 is 5.97 Å². The van der Waals surface area contributed by atoms with Gasteiger partial charge in [0.15, 0.2) is 6.04 Å². The van der Waals surface area contributed by atoms with Gasteiger partial charge in [0, 0.05) is 4.90 Å². The Hall–Kier alpha value is -1.53. The van der Waals surface area contributed by atoms with Gasteiger partial charge in [-0.3, -0.25) is 4.79 Å². The lowest BCUT2D eigenvalue weighted by Crippen LogP contribution is -2.48. The lowest BCUT2D eigenvalue weighted by molar-refractivity contribution is -0.144. The monoisotopic (exact) mass is 283 g/mol. The summed E-state index contributed by atoms with van der Waals surface area (Å²) >= 11 is 1.33. The molecule has 5 nitrogen and oxygen atoms in total. The van der Waals surface area contributed by atoms with Gasteiger partial charge in [-0.25, -0.2) is 4.79 Å². The molecule has 0 saturated carbocycles. The van der Waals surface area contributed by atoms with Crippen molar-refractivity contribution in [2.75, 3.05) is 5.75 Å². The van der Waals surface area contributed by atoms with Crippen molar-refractivity contribution in [3.05, 3.63) is 29.8 Å². The number of amides is 1. The number of nitrogens with one attached hydrogen (secondary N) is 1. The van der Waals surface area contributed by atoms with Crippen molar-refractivity contribution in [3.63, 3.8) is 0 Å². The summed E-state index contributed by atoms with van der Waals surface area (Å²) in [4.78, 5) is 23.4. The van der Waals surface area contributed by atoms with Crippen LogP contribution in [0, 0.1) is 6.92 Å². The molecule has 0 heterocycles. The number of hydrogen-bond acceptors (Lipinski definition) is 4. The molecule has 1 amide bonds. The van der Waals surface area contributed by atoms with E-state index in [2.05, 4.69) is 5.32 Å². The van der Waals surface area contributed by atoms with Gasteiger partial charge in [0.1, 0.15) is 0 Å². The van der Waals surface area contributed by atoms with Crippen molar-refractivity contribution >= 4 is 23.6 Å². The van der Waals surface area contributed by atoms with Gasteiger partial charge in [0.2, 0.25) is 5.91 Å². The molecule has 0 bridgehead atoms. The number of benzene rings is 1. The molecule has 0 aliphatic rings. The van der Waals surface area contributed by atoms with Crippen molar-refractivity contribution in [2.45, 2.75) is 30.9 Å². The highest BCUT2D eigenvalue weighted by Crippen LogP contribution is 2.21. The Morgan fingerprint density at radius 3 is 2.53 bits per heavy atom. The fraction of sp³-hybridized carbons (Fsp3) is 0.385. The van der Waals surface area contributed by atoms with E-state index in [1.54, 1.807) is 0 Å². The highest BCUT2D eigenvalue weighted by molar-refractivity contribution is 8.00. The molecule has 6 heteroatoms. The van der Waals surface area contributed by atoms with Gasteiger partial charge < -0.3 is 15.5 Å². The Labute approximate surface area is 116 Å². The molecule has 19 heavy (non-hydrogen) atoms. The number of aliphatic hydroxyl groups is 1. The fourth-order valence-electron chi connectivity index (χ4n) is 1.47. The molecule has 1 aromatic carbocycles. The zero-order valence-corrected chi connectivity index (χ0v) is 11.6. The van der Waals surface area contributed by atoms with Crippen LogP contribution in [0.15, 0.2) is 29.2 Å². The highest BCUT2D eigenvalue weighted by atomic mass is 32.2. The van der Waals surface area contributed by atoms with Crippen molar-refractivity contribution < 1.29 is 19.8 Å². The second kappa shape index (κ2) is 7.16. The smallest absolute Gasteiger partial charge is 0.328 e. The Kier molecular flexibility index (Phi) is 5.85. The second-order valence-corrected chi connectivity index (χ2v) is 5.20. The third-order valence-electron chi connectivity index (χ3n) is 2.52. The first kappa shape index (κ1) is 15.5. The Morgan fingerprint density at radius 2 is 2.00 bits per heavy atom. The van der Waals surface area contributed by atoms with E-state index in [-0.39, 0.29) is 5.75 Å². The van der Waals surface area contributed by atoms with Gasteiger partial charge in [-0.1, -0.05) is 18.2 Å². The van der Waals surface area contributed by atoms with Gasteiger partial charge in [-0.2, -0.15) is 0 Å². The van der Waals surface area contributed by atoms with Crippen LogP contribution in [0.25, 0.3) is 0 Å². The topological polar surface area (TPSA) is 86.6 Å². The number of carbonyl (C=O) groups excluding carboxylic acids is 1. The van der Waals surface area contributed by atoms with Crippen LogP contribution in [0.1, 0.15) is 12.5 Å². The minimum absolute atomic E-state index is 0.112. The second-order valence-electron chi connectivity index (χ2n) is 4.18. The molecular weight excluding hydrogens is 266 g/mol. The van der Waals surface area contributed by atoms with Crippen LogP contribution in [0.4, 0.5) is 0 Å². The lowest BCUT2D eigenvalue weighted by Gasteiger charge is -2.16. The van der Waals surface area contributed by atoms with Crippen LogP contribution in [0.3, 0.4) is 0 Å². The minimum Gasteiger partial charge on any atom is -0.480 e. The quantitative estimate of drug-likeness (QED) is 0.679. The molecule has 1 aromatic rings. The third-order valence-corrected chi connectivity index (χ3v) is 3.69. The molecule has 0 spiro atoms. The molecule has 0 aliphatic heterocycles. The summed E-state index contributed by atoms with van der Waals surface area (Å²) in [6.45, 7) is 3.27. The number of carboxylic acid groups (broad SMARTS) is 1. The number of aliphatic hydroxyl groups excluding tert-OH is 1. The lowest BCUT2D eigenvalue weighted by atomic mass is 10.2. The summed E-state index contributed by atoms with van der Waals surface area (Å²) in [5.74, 6) is -1.55. The fourth-order valence-corrected chi connectivity index (χ4v) is 2.31. The number of thioether (sulfide) groups is 1. The van der Waals surface area contributed by atoms with E-state index >= 15 is 0 Å². The molecule has 0 fully saturated rings.